The standard InChI is InChI=1S/C12H11ClO3/c1-7-3-2-4-9(10(7)13)12(15)16-11(14)8-5-6-8/h2-4,8H,5-6H2,1H3. The molecule has 0 unspecified atom stereocenters. The summed E-state index contributed by atoms with van der Waals surface area (Å²) in [4.78, 5) is 22.9. The number of carbonyl (C=O) groups is 2. The average Bonchev–Trinajstić information content (AvgIpc) is 3.05. The molecule has 3 nitrogen and oxygen atoms in total. The molecule has 1 aliphatic rings. The summed E-state index contributed by atoms with van der Waals surface area (Å²) in [6.07, 6.45) is 1.63. The first-order valence-corrected chi connectivity index (χ1v) is 5.48. The van der Waals surface area contributed by atoms with E-state index in [0.717, 1.165) is 18.4 Å². The van der Waals surface area contributed by atoms with Crippen LogP contribution in [0.4, 0.5) is 0 Å². The number of benzene rings is 1. The smallest absolute Gasteiger partial charge is 0.347 e. The van der Waals surface area contributed by atoms with Crippen LogP contribution in [0.1, 0.15) is 28.8 Å². The van der Waals surface area contributed by atoms with Gasteiger partial charge in [0.05, 0.1) is 16.5 Å². The average molecular weight is 239 g/mol. The zero-order valence-electron chi connectivity index (χ0n) is 8.83. The van der Waals surface area contributed by atoms with Gasteiger partial charge in [-0.05, 0) is 31.4 Å². The number of hydrogen-bond acceptors (Lipinski definition) is 3. The highest BCUT2D eigenvalue weighted by molar-refractivity contribution is 6.34. The third-order valence-electron chi connectivity index (χ3n) is 2.52. The van der Waals surface area contributed by atoms with Crippen LogP contribution in [-0.2, 0) is 9.53 Å². The molecule has 0 N–H and O–H groups in total. The normalized spacial score (nSPS) is 14.6. The molecule has 1 aromatic rings. The molecule has 0 saturated heterocycles. The quantitative estimate of drug-likeness (QED) is 0.588. The van der Waals surface area contributed by atoms with Crippen LogP contribution in [0.15, 0.2) is 18.2 Å². The molecule has 1 aromatic carbocycles. The number of rotatable bonds is 2. The topological polar surface area (TPSA) is 43.4 Å². The Balaban J connectivity index is 2.14. The van der Waals surface area contributed by atoms with Crippen LogP contribution in [-0.4, -0.2) is 11.9 Å². The SMILES string of the molecule is Cc1cccc(C(=O)OC(=O)C2CC2)c1Cl. The molecule has 4 heteroatoms. The second-order valence-electron chi connectivity index (χ2n) is 3.92. The third kappa shape index (κ3) is 2.25. The largest absolute Gasteiger partial charge is 0.389 e. The van der Waals surface area contributed by atoms with Crippen LogP contribution < -0.4 is 0 Å². The van der Waals surface area contributed by atoms with Crippen molar-refractivity contribution in [2.45, 2.75) is 19.8 Å². The van der Waals surface area contributed by atoms with Gasteiger partial charge >= 0.3 is 11.9 Å². The highest BCUT2D eigenvalue weighted by Crippen LogP contribution is 2.31. The third-order valence-corrected chi connectivity index (χ3v) is 3.02. The molecule has 1 fully saturated rings. The maximum absolute atomic E-state index is 11.6. The van der Waals surface area contributed by atoms with Crippen molar-refractivity contribution in [2.75, 3.05) is 0 Å². The van der Waals surface area contributed by atoms with Crippen molar-refractivity contribution in [1.82, 2.24) is 0 Å². The van der Waals surface area contributed by atoms with Crippen molar-refractivity contribution in [3.63, 3.8) is 0 Å². The lowest BCUT2D eigenvalue weighted by molar-refractivity contribution is -0.139. The summed E-state index contributed by atoms with van der Waals surface area (Å²) in [5, 5.41) is 0.344. The second kappa shape index (κ2) is 4.26. The highest BCUT2D eigenvalue weighted by atomic mass is 35.5. The number of hydrogen-bond donors (Lipinski definition) is 0. The van der Waals surface area contributed by atoms with Gasteiger partial charge in [-0.2, -0.15) is 0 Å². The van der Waals surface area contributed by atoms with Gasteiger partial charge in [0, 0.05) is 0 Å². The van der Waals surface area contributed by atoms with Gasteiger partial charge in [-0.3, -0.25) is 4.79 Å². The zero-order valence-corrected chi connectivity index (χ0v) is 9.58. The van der Waals surface area contributed by atoms with Gasteiger partial charge in [0.1, 0.15) is 0 Å². The van der Waals surface area contributed by atoms with Gasteiger partial charge in [-0.15, -0.1) is 0 Å². The van der Waals surface area contributed by atoms with Gasteiger partial charge in [-0.1, -0.05) is 23.7 Å². The number of halogens is 1. The Morgan fingerprint density at radius 1 is 1.38 bits per heavy atom. The summed E-state index contributed by atoms with van der Waals surface area (Å²) < 4.78 is 4.73. The monoisotopic (exact) mass is 238 g/mol. The van der Waals surface area contributed by atoms with E-state index < -0.39 is 11.9 Å². The Hall–Kier alpha value is -1.35. The van der Waals surface area contributed by atoms with Crippen LogP contribution >= 0.6 is 11.6 Å². The molecule has 1 saturated carbocycles. The summed E-state index contributed by atoms with van der Waals surface area (Å²) in [7, 11) is 0. The molecule has 0 radical (unpaired) electrons. The van der Waals surface area contributed by atoms with E-state index in [1.165, 1.54) is 0 Å². The van der Waals surface area contributed by atoms with Gasteiger partial charge < -0.3 is 4.74 Å². The van der Waals surface area contributed by atoms with Crippen molar-refractivity contribution >= 4 is 23.5 Å². The van der Waals surface area contributed by atoms with Crippen molar-refractivity contribution in [3.05, 3.63) is 34.3 Å². The number of esters is 2. The first-order chi connectivity index (χ1) is 7.59. The summed E-state index contributed by atoms with van der Waals surface area (Å²) in [6, 6.07) is 5.05. The van der Waals surface area contributed by atoms with Crippen LogP contribution in [0.2, 0.25) is 5.02 Å². The predicted octanol–water partition coefficient (Wildman–Crippen LogP) is 2.74. The molecule has 0 bridgehead atoms. The lowest BCUT2D eigenvalue weighted by atomic mass is 10.1. The van der Waals surface area contributed by atoms with Crippen molar-refractivity contribution in [3.8, 4) is 0 Å². The molecular formula is C12H11ClO3. The first-order valence-electron chi connectivity index (χ1n) is 5.10. The summed E-state index contributed by atoms with van der Waals surface area (Å²) >= 11 is 5.95. The summed E-state index contributed by atoms with van der Waals surface area (Å²) in [6.45, 7) is 1.79. The van der Waals surface area contributed by atoms with Crippen molar-refractivity contribution < 1.29 is 14.3 Å². The van der Waals surface area contributed by atoms with E-state index in [1.807, 2.05) is 0 Å². The maximum atomic E-state index is 11.6. The zero-order chi connectivity index (χ0) is 11.7. The molecule has 2 rings (SSSR count). The molecule has 0 aliphatic heterocycles. The van der Waals surface area contributed by atoms with Crippen LogP contribution in [0.25, 0.3) is 0 Å². The number of carbonyl (C=O) groups excluding carboxylic acids is 2. The van der Waals surface area contributed by atoms with E-state index in [2.05, 4.69) is 0 Å². The Labute approximate surface area is 98.4 Å². The minimum absolute atomic E-state index is 0.0902. The fraction of sp³-hybridized carbons (Fsp3) is 0.333. The molecule has 16 heavy (non-hydrogen) atoms. The first kappa shape index (κ1) is 11.1. The highest BCUT2D eigenvalue weighted by Gasteiger charge is 2.33. The van der Waals surface area contributed by atoms with E-state index in [9.17, 15) is 9.59 Å². The Morgan fingerprint density at radius 3 is 2.69 bits per heavy atom. The van der Waals surface area contributed by atoms with Crippen molar-refractivity contribution in [2.24, 2.45) is 5.92 Å². The Kier molecular flexibility index (Phi) is 2.97. The fourth-order valence-electron chi connectivity index (χ4n) is 1.35. The molecule has 84 valence electrons. The second-order valence-corrected chi connectivity index (χ2v) is 4.30. The molecule has 0 aromatic heterocycles. The van der Waals surface area contributed by atoms with Gasteiger partial charge in [-0.25, -0.2) is 4.79 Å². The lowest BCUT2D eigenvalue weighted by Gasteiger charge is -2.05. The maximum Gasteiger partial charge on any atom is 0.347 e. The van der Waals surface area contributed by atoms with E-state index >= 15 is 0 Å². The molecule has 0 spiro atoms. The summed E-state index contributed by atoms with van der Waals surface area (Å²) in [5.74, 6) is -1.19. The molecular weight excluding hydrogens is 228 g/mol. The predicted molar refractivity (Wildman–Crippen MR) is 59.3 cm³/mol. The molecule has 0 heterocycles. The van der Waals surface area contributed by atoms with Crippen LogP contribution in [0.5, 0.6) is 0 Å². The van der Waals surface area contributed by atoms with Gasteiger partial charge in [0.15, 0.2) is 0 Å². The molecule has 0 amide bonds. The summed E-state index contributed by atoms with van der Waals surface area (Å²) in [5.41, 5.74) is 1.03. The van der Waals surface area contributed by atoms with Crippen molar-refractivity contribution in [1.29, 1.82) is 0 Å². The minimum atomic E-state index is -0.661. The van der Waals surface area contributed by atoms with E-state index in [4.69, 9.17) is 16.3 Å². The van der Waals surface area contributed by atoms with Gasteiger partial charge in [0.25, 0.3) is 0 Å². The van der Waals surface area contributed by atoms with E-state index in [0.29, 0.717) is 5.02 Å². The lowest BCUT2D eigenvalue weighted by Crippen LogP contribution is -2.14. The number of ether oxygens (including phenoxy) is 1. The minimum Gasteiger partial charge on any atom is -0.389 e. The fourth-order valence-corrected chi connectivity index (χ4v) is 1.56. The Bertz CT molecular complexity index is 450. The molecule has 1 aliphatic carbocycles. The molecule has 0 atom stereocenters. The van der Waals surface area contributed by atoms with Gasteiger partial charge in [0.2, 0.25) is 0 Å². The van der Waals surface area contributed by atoms with Crippen LogP contribution in [0.3, 0.4) is 0 Å². The van der Waals surface area contributed by atoms with Crippen LogP contribution in [0, 0.1) is 12.8 Å². The van der Waals surface area contributed by atoms with E-state index in [-0.39, 0.29) is 11.5 Å². The van der Waals surface area contributed by atoms with E-state index in [1.54, 1.807) is 25.1 Å². The number of aryl methyl sites for hydroxylation is 1. The Morgan fingerprint density at radius 2 is 2.06 bits per heavy atom.